The molecule has 1 heterocycles. The molecule has 5 nitrogen and oxygen atoms in total. The highest BCUT2D eigenvalue weighted by Gasteiger charge is 2.31. The van der Waals surface area contributed by atoms with Crippen LogP contribution in [-0.4, -0.2) is 48.7 Å². The smallest absolute Gasteiger partial charge is 0.244 e. The molecule has 1 saturated heterocycles. The number of carbonyl (C=O) groups excluding carboxylic acids is 1. The van der Waals surface area contributed by atoms with Gasteiger partial charge in [0.15, 0.2) is 5.17 Å². The zero-order chi connectivity index (χ0) is 13.6. The van der Waals surface area contributed by atoms with Crippen molar-refractivity contribution >= 4 is 22.8 Å². The third-order valence-electron chi connectivity index (χ3n) is 3.01. The molecule has 0 spiro atoms. The fourth-order valence-corrected chi connectivity index (χ4v) is 2.76. The molecule has 0 aromatic carbocycles. The van der Waals surface area contributed by atoms with Crippen LogP contribution in [0.4, 0.5) is 0 Å². The van der Waals surface area contributed by atoms with Gasteiger partial charge in [0.25, 0.3) is 0 Å². The number of amidine groups is 1. The third-order valence-corrected chi connectivity index (χ3v) is 4.27. The van der Waals surface area contributed by atoms with E-state index in [1.807, 2.05) is 0 Å². The van der Waals surface area contributed by atoms with E-state index in [2.05, 4.69) is 29.5 Å². The van der Waals surface area contributed by atoms with E-state index in [1.165, 1.54) is 0 Å². The SMILES string of the molecule is CCC1(C)CSC(=NC(C)C(=O)NCCOC)N1. The number of hydrogen-bond donors (Lipinski definition) is 2. The van der Waals surface area contributed by atoms with Crippen molar-refractivity contribution in [3.63, 3.8) is 0 Å². The largest absolute Gasteiger partial charge is 0.383 e. The molecule has 104 valence electrons. The average molecular weight is 273 g/mol. The molecule has 0 saturated carbocycles. The molecule has 0 aliphatic carbocycles. The van der Waals surface area contributed by atoms with Crippen LogP contribution < -0.4 is 10.6 Å². The minimum absolute atomic E-state index is 0.0629. The summed E-state index contributed by atoms with van der Waals surface area (Å²) in [6, 6.07) is -0.365. The molecule has 1 amide bonds. The summed E-state index contributed by atoms with van der Waals surface area (Å²) in [4.78, 5) is 16.1. The Morgan fingerprint density at radius 1 is 1.72 bits per heavy atom. The topological polar surface area (TPSA) is 62.7 Å². The van der Waals surface area contributed by atoms with Crippen LogP contribution in [0.5, 0.6) is 0 Å². The van der Waals surface area contributed by atoms with E-state index in [1.54, 1.807) is 25.8 Å². The monoisotopic (exact) mass is 273 g/mol. The van der Waals surface area contributed by atoms with E-state index in [-0.39, 0.29) is 17.5 Å². The van der Waals surface area contributed by atoms with Crippen LogP contribution in [-0.2, 0) is 9.53 Å². The lowest BCUT2D eigenvalue weighted by Gasteiger charge is -2.21. The second-order valence-corrected chi connectivity index (χ2v) is 5.69. The van der Waals surface area contributed by atoms with Crippen LogP contribution in [0.3, 0.4) is 0 Å². The molecule has 2 unspecified atom stereocenters. The van der Waals surface area contributed by atoms with Crippen molar-refractivity contribution in [1.82, 2.24) is 10.6 Å². The molecule has 2 atom stereocenters. The highest BCUT2D eigenvalue weighted by Crippen LogP contribution is 2.25. The summed E-state index contributed by atoms with van der Waals surface area (Å²) >= 11 is 1.68. The van der Waals surface area contributed by atoms with Crippen LogP contribution in [0.1, 0.15) is 27.2 Å². The van der Waals surface area contributed by atoms with Crippen LogP contribution in [0.15, 0.2) is 4.99 Å². The van der Waals surface area contributed by atoms with Crippen molar-refractivity contribution < 1.29 is 9.53 Å². The maximum Gasteiger partial charge on any atom is 0.244 e. The first-order valence-electron chi connectivity index (χ1n) is 6.26. The predicted octanol–water partition coefficient (Wildman–Crippen LogP) is 0.999. The number of ether oxygens (including phenoxy) is 1. The standard InChI is InChI=1S/C12H23N3O2S/c1-5-12(3)8-18-11(15-12)14-9(2)10(16)13-6-7-17-4/h9H,5-8H2,1-4H3,(H,13,16)(H,14,15). The molecule has 1 rings (SSSR count). The van der Waals surface area contributed by atoms with Gasteiger partial charge in [-0.15, -0.1) is 0 Å². The molecule has 0 bridgehead atoms. The Balaban J connectivity index is 2.44. The van der Waals surface area contributed by atoms with Gasteiger partial charge >= 0.3 is 0 Å². The van der Waals surface area contributed by atoms with Crippen LogP contribution >= 0.6 is 11.8 Å². The number of nitrogens with zero attached hydrogens (tertiary/aromatic N) is 1. The van der Waals surface area contributed by atoms with E-state index < -0.39 is 0 Å². The normalized spacial score (nSPS) is 27.0. The second kappa shape index (κ2) is 6.99. The van der Waals surface area contributed by atoms with Crippen molar-refractivity contribution in [1.29, 1.82) is 0 Å². The highest BCUT2D eigenvalue weighted by molar-refractivity contribution is 8.14. The quantitative estimate of drug-likeness (QED) is 0.709. The van der Waals surface area contributed by atoms with Gasteiger partial charge in [-0.3, -0.25) is 4.79 Å². The Hall–Kier alpha value is -0.750. The van der Waals surface area contributed by atoms with Gasteiger partial charge in [0.1, 0.15) is 6.04 Å². The number of nitrogens with one attached hydrogen (secondary N) is 2. The van der Waals surface area contributed by atoms with Gasteiger partial charge in [0.2, 0.25) is 5.91 Å². The maximum absolute atomic E-state index is 11.7. The highest BCUT2D eigenvalue weighted by atomic mass is 32.2. The molecule has 0 aromatic rings. The maximum atomic E-state index is 11.7. The predicted molar refractivity (Wildman–Crippen MR) is 76.1 cm³/mol. The van der Waals surface area contributed by atoms with Crippen molar-refractivity contribution in [2.45, 2.75) is 38.8 Å². The Morgan fingerprint density at radius 3 is 3.00 bits per heavy atom. The first kappa shape index (κ1) is 15.3. The summed E-state index contributed by atoms with van der Waals surface area (Å²) in [5, 5.41) is 7.03. The lowest BCUT2D eigenvalue weighted by molar-refractivity contribution is -0.122. The summed E-state index contributed by atoms with van der Waals surface area (Å²) in [5.74, 6) is 0.937. The summed E-state index contributed by atoms with van der Waals surface area (Å²) in [6.07, 6.45) is 1.05. The van der Waals surface area contributed by atoms with Gasteiger partial charge in [-0.25, -0.2) is 4.99 Å². The van der Waals surface area contributed by atoms with Crippen LogP contribution in [0, 0.1) is 0 Å². The van der Waals surface area contributed by atoms with Crippen LogP contribution in [0.25, 0.3) is 0 Å². The van der Waals surface area contributed by atoms with Gasteiger partial charge in [-0.1, -0.05) is 18.7 Å². The fourth-order valence-electron chi connectivity index (χ4n) is 1.48. The number of hydrogen-bond acceptors (Lipinski definition) is 4. The Kier molecular flexibility index (Phi) is 5.95. The van der Waals surface area contributed by atoms with E-state index >= 15 is 0 Å². The number of amides is 1. The van der Waals surface area contributed by atoms with Crippen LogP contribution in [0.2, 0.25) is 0 Å². The minimum atomic E-state index is -0.365. The van der Waals surface area contributed by atoms with E-state index in [0.29, 0.717) is 13.2 Å². The third kappa shape index (κ3) is 4.49. The van der Waals surface area contributed by atoms with E-state index in [4.69, 9.17) is 4.74 Å². The number of aliphatic imine (C=N–C) groups is 1. The average Bonchev–Trinajstić information content (AvgIpc) is 2.72. The Morgan fingerprint density at radius 2 is 2.44 bits per heavy atom. The van der Waals surface area contributed by atoms with Crippen molar-refractivity contribution in [3.8, 4) is 0 Å². The van der Waals surface area contributed by atoms with E-state index in [0.717, 1.165) is 17.3 Å². The van der Waals surface area contributed by atoms with Crippen molar-refractivity contribution in [3.05, 3.63) is 0 Å². The first-order chi connectivity index (χ1) is 8.50. The van der Waals surface area contributed by atoms with Gasteiger partial charge in [0, 0.05) is 24.9 Å². The Bertz CT molecular complexity index is 322. The van der Waals surface area contributed by atoms with Crippen molar-refractivity contribution in [2.75, 3.05) is 26.0 Å². The van der Waals surface area contributed by atoms with Gasteiger partial charge in [-0.05, 0) is 20.3 Å². The number of carbonyl (C=O) groups is 1. The van der Waals surface area contributed by atoms with Gasteiger partial charge in [0.05, 0.1) is 6.61 Å². The zero-order valence-electron chi connectivity index (χ0n) is 11.6. The van der Waals surface area contributed by atoms with E-state index in [9.17, 15) is 4.79 Å². The van der Waals surface area contributed by atoms with Gasteiger partial charge < -0.3 is 15.4 Å². The lowest BCUT2D eigenvalue weighted by atomic mass is 10.0. The second-order valence-electron chi connectivity index (χ2n) is 4.72. The molecule has 6 heteroatoms. The molecule has 0 aromatic heterocycles. The fraction of sp³-hybridized carbons (Fsp3) is 0.833. The lowest BCUT2D eigenvalue weighted by Crippen LogP contribution is -2.40. The van der Waals surface area contributed by atoms with Gasteiger partial charge in [-0.2, -0.15) is 0 Å². The van der Waals surface area contributed by atoms with Crippen molar-refractivity contribution in [2.24, 2.45) is 4.99 Å². The summed E-state index contributed by atoms with van der Waals surface area (Å²) in [5.41, 5.74) is 0.107. The molecule has 1 fully saturated rings. The number of methoxy groups -OCH3 is 1. The minimum Gasteiger partial charge on any atom is -0.383 e. The molecule has 18 heavy (non-hydrogen) atoms. The number of thioether (sulfide) groups is 1. The Labute approximate surface area is 113 Å². The molecule has 2 N–H and O–H groups in total. The first-order valence-corrected chi connectivity index (χ1v) is 7.25. The molecular weight excluding hydrogens is 250 g/mol. The summed E-state index contributed by atoms with van der Waals surface area (Å²) < 4.78 is 4.88. The molecule has 0 radical (unpaired) electrons. The molecular formula is C12H23N3O2S. The molecule has 1 aliphatic rings. The summed E-state index contributed by atoms with van der Waals surface area (Å²) in [6.45, 7) is 7.18. The number of rotatable bonds is 6. The zero-order valence-corrected chi connectivity index (χ0v) is 12.4. The summed E-state index contributed by atoms with van der Waals surface area (Å²) in [7, 11) is 1.61. The molecule has 1 aliphatic heterocycles.